The minimum atomic E-state index is 0.186. The summed E-state index contributed by atoms with van der Waals surface area (Å²) in [6, 6.07) is 10.4. The van der Waals surface area contributed by atoms with Crippen LogP contribution in [-0.4, -0.2) is 25.6 Å². The third-order valence-electron chi connectivity index (χ3n) is 4.42. The van der Waals surface area contributed by atoms with E-state index in [0.717, 1.165) is 40.3 Å². The molecule has 3 heterocycles. The second kappa shape index (κ2) is 5.13. The number of fused-ring (bicyclic) bond motifs is 2. The number of H-pyrrole nitrogens is 1. The van der Waals surface area contributed by atoms with Crippen LogP contribution in [0.3, 0.4) is 0 Å². The summed E-state index contributed by atoms with van der Waals surface area (Å²) >= 11 is 1.65. The van der Waals surface area contributed by atoms with Crippen LogP contribution in [0.15, 0.2) is 35.1 Å². The van der Waals surface area contributed by atoms with Crippen molar-refractivity contribution in [1.29, 1.82) is 0 Å². The molecule has 23 heavy (non-hydrogen) atoms. The first kappa shape index (κ1) is 14.3. The van der Waals surface area contributed by atoms with Crippen molar-refractivity contribution in [3.8, 4) is 0 Å². The number of hydrogen-bond donors (Lipinski definition) is 1. The number of nitrogens with zero attached hydrogens (tertiary/aromatic N) is 2. The highest BCUT2D eigenvalue weighted by Crippen LogP contribution is 2.34. The van der Waals surface area contributed by atoms with Gasteiger partial charge < -0.3 is 14.8 Å². The molecule has 2 aromatic heterocycles. The first-order valence-corrected chi connectivity index (χ1v) is 8.56. The van der Waals surface area contributed by atoms with Gasteiger partial charge >= 0.3 is 0 Å². The van der Waals surface area contributed by atoms with Crippen molar-refractivity contribution in [3.05, 3.63) is 51.0 Å². The van der Waals surface area contributed by atoms with E-state index in [1.165, 1.54) is 10.6 Å². The summed E-state index contributed by atoms with van der Waals surface area (Å²) in [5, 5.41) is 0.830. The molecule has 0 bridgehead atoms. The number of anilines is 3. The fourth-order valence-electron chi connectivity index (χ4n) is 3.22. The summed E-state index contributed by atoms with van der Waals surface area (Å²) in [6.45, 7) is 2.89. The number of hydrogen-bond acceptors (Lipinski definition) is 4. The van der Waals surface area contributed by atoms with Crippen LogP contribution in [0.4, 0.5) is 17.2 Å². The van der Waals surface area contributed by atoms with Gasteiger partial charge in [-0.2, -0.15) is 0 Å². The minimum absolute atomic E-state index is 0.186. The SMILES string of the molecule is Cc1cc2c(=O)c3c([nH]c2s1)N(c1ccc(N(C)C)cc1)CC3. The molecule has 0 radical (unpaired) electrons. The molecule has 0 atom stereocenters. The van der Waals surface area contributed by atoms with Gasteiger partial charge in [-0.3, -0.25) is 4.79 Å². The highest BCUT2D eigenvalue weighted by Gasteiger charge is 2.25. The number of nitrogens with one attached hydrogen (secondary N) is 1. The van der Waals surface area contributed by atoms with Gasteiger partial charge in [-0.1, -0.05) is 0 Å². The molecule has 118 valence electrons. The van der Waals surface area contributed by atoms with Gasteiger partial charge in [0, 0.05) is 42.5 Å². The Morgan fingerprint density at radius 1 is 1.22 bits per heavy atom. The van der Waals surface area contributed by atoms with Crippen molar-refractivity contribution < 1.29 is 0 Å². The quantitative estimate of drug-likeness (QED) is 0.781. The third kappa shape index (κ3) is 2.23. The van der Waals surface area contributed by atoms with E-state index in [0.29, 0.717) is 0 Å². The lowest BCUT2D eigenvalue weighted by molar-refractivity contribution is 0.989. The van der Waals surface area contributed by atoms with Gasteiger partial charge in [0.1, 0.15) is 10.6 Å². The zero-order valence-corrected chi connectivity index (χ0v) is 14.3. The summed E-state index contributed by atoms with van der Waals surface area (Å²) in [5.41, 5.74) is 3.39. The van der Waals surface area contributed by atoms with E-state index in [4.69, 9.17) is 0 Å². The Labute approximate surface area is 139 Å². The molecule has 0 spiro atoms. The summed E-state index contributed by atoms with van der Waals surface area (Å²) in [7, 11) is 4.07. The first-order valence-electron chi connectivity index (χ1n) is 7.75. The van der Waals surface area contributed by atoms with Crippen LogP contribution in [-0.2, 0) is 6.42 Å². The maximum Gasteiger partial charge on any atom is 0.195 e. The average molecular weight is 325 g/mol. The fraction of sp³-hybridized carbons (Fsp3) is 0.278. The molecule has 0 unspecified atom stereocenters. The van der Waals surface area contributed by atoms with Gasteiger partial charge in [0.2, 0.25) is 0 Å². The monoisotopic (exact) mass is 325 g/mol. The van der Waals surface area contributed by atoms with E-state index in [-0.39, 0.29) is 5.43 Å². The molecule has 1 aliphatic heterocycles. The molecule has 0 fully saturated rings. The van der Waals surface area contributed by atoms with Crippen LogP contribution < -0.4 is 15.2 Å². The van der Waals surface area contributed by atoms with Crippen molar-refractivity contribution in [2.24, 2.45) is 0 Å². The number of aryl methyl sites for hydroxylation is 1. The topological polar surface area (TPSA) is 39.3 Å². The summed E-state index contributed by atoms with van der Waals surface area (Å²) in [5.74, 6) is 0.960. The zero-order chi connectivity index (χ0) is 16.1. The summed E-state index contributed by atoms with van der Waals surface area (Å²) < 4.78 is 0. The molecule has 5 heteroatoms. The molecule has 1 aliphatic rings. The summed E-state index contributed by atoms with van der Waals surface area (Å²) in [4.78, 5) is 22.6. The van der Waals surface area contributed by atoms with Crippen molar-refractivity contribution in [2.45, 2.75) is 13.3 Å². The van der Waals surface area contributed by atoms with Crippen LogP contribution >= 0.6 is 11.3 Å². The second-order valence-electron chi connectivity index (χ2n) is 6.19. The molecule has 4 nitrogen and oxygen atoms in total. The van der Waals surface area contributed by atoms with Crippen LogP contribution in [0, 0.1) is 6.92 Å². The lowest BCUT2D eigenvalue weighted by atomic mass is 10.2. The van der Waals surface area contributed by atoms with Crippen LogP contribution in [0.5, 0.6) is 0 Å². The van der Waals surface area contributed by atoms with Crippen molar-refractivity contribution in [2.75, 3.05) is 30.4 Å². The van der Waals surface area contributed by atoms with E-state index < -0.39 is 0 Å². The standard InChI is InChI=1S/C18H19N3OS/c1-11-10-15-16(22)14-8-9-21(17(14)19-18(15)23-11)13-6-4-12(5-7-13)20(2)3/h4-7,10H,8-9H2,1-3H3,(H,19,22). The van der Waals surface area contributed by atoms with Crippen molar-refractivity contribution in [1.82, 2.24) is 4.98 Å². The van der Waals surface area contributed by atoms with Gasteiger partial charge in [-0.05, 0) is 43.7 Å². The molecular formula is C18H19N3OS. The highest BCUT2D eigenvalue weighted by molar-refractivity contribution is 7.18. The van der Waals surface area contributed by atoms with Gasteiger partial charge in [0.25, 0.3) is 0 Å². The Morgan fingerprint density at radius 3 is 2.65 bits per heavy atom. The largest absolute Gasteiger partial charge is 0.378 e. The molecule has 0 saturated heterocycles. The van der Waals surface area contributed by atoms with Gasteiger partial charge in [0.15, 0.2) is 5.43 Å². The first-order chi connectivity index (χ1) is 11.0. The molecule has 1 aromatic carbocycles. The number of pyridine rings is 1. The van der Waals surface area contributed by atoms with Gasteiger partial charge in [0.05, 0.1) is 5.39 Å². The molecular weight excluding hydrogens is 306 g/mol. The Morgan fingerprint density at radius 2 is 1.96 bits per heavy atom. The van der Waals surface area contributed by atoms with Crippen molar-refractivity contribution in [3.63, 3.8) is 0 Å². The van der Waals surface area contributed by atoms with E-state index in [1.807, 2.05) is 27.1 Å². The van der Waals surface area contributed by atoms with E-state index in [1.54, 1.807) is 11.3 Å². The van der Waals surface area contributed by atoms with E-state index in [9.17, 15) is 4.79 Å². The molecule has 4 rings (SSSR count). The lowest BCUT2D eigenvalue weighted by Gasteiger charge is -2.20. The van der Waals surface area contributed by atoms with E-state index in [2.05, 4.69) is 39.0 Å². The maximum atomic E-state index is 12.7. The van der Waals surface area contributed by atoms with Crippen molar-refractivity contribution >= 4 is 38.7 Å². The molecule has 0 saturated carbocycles. The Bertz CT molecular complexity index is 937. The smallest absolute Gasteiger partial charge is 0.195 e. The Kier molecular flexibility index (Phi) is 3.20. The Balaban J connectivity index is 1.82. The number of thiophene rings is 1. The maximum absolute atomic E-state index is 12.7. The number of rotatable bonds is 2. The Hall–Kier alpha value is -2.27. The molecule has 1 N–H and O–H groups in total. The molecule has 0 amide bonds. The third-order valence-corrected chi connectivity index (χ3v) is 5.39. The predicted octanol–water partition coefficient (Wildman–Crippen LogP) is 3.66. The normalized spacial score (nSPS) is 13.6. The highest BCUT2D eigenvalue weighted by atomic mass is 32.1. The zero-order valence-electron chi connectivity index (χ0n) is 13.5. The van der Waals surface area contributed by atoms with Crippen LogP contribution in [0.1, 0.15) is 10.4 Å². The summed E-state index contributed by atoms with van der Waals surface area (Å²) in [6.07, 6.45) is 0.797. The number of aromatic nitrogens is 1. The second-order valence-corrected chi connectivity index (χ2v) is 7.45. The van der Waals surface area contributed by atoms with Crippen LogP contribution in [0.2, 0.25) is 0 Å². The molecule has 0 aliphatic carbocycles. The van der Waals surface area contributed by atoms with E-state index >= 15 is 0 Å². The average Bonchev–Trinajstić information content (AvgIpc) is 3.11. The molecule has 3 aromatic rings. The van der Waals surface area contributed by atoms with Crippen LogP contribution in [0.25, 0.3) is 10.2 Å². The van der Waals surface area contributed by atoms with Gasteiger partial charge in [-0.15, -0.1) is 11.3 Å². The lowest BCUT2D eigenvalue weighted by Crippen LogP contribution is -2.15. The number of benzene rings is 1. The minimum Gasteiger partial charge on any atom is -0.378 e. The predicted molar refractivity (Wildman–Crippen MR) is 98.7 cm³/mol. The van der Waals surface area contributed by atoms with Gasteiger partial charge in [-0.25, -0.2) is 0 Å². The fourth-order valence-corrected chi connectivity index (χ4v) is 4.12. The number of aromatic amines is 1.